The minimum absolute atomic E-state index is 0.141. The second kappa shape index (κ2) is 10.5. The van der Waals surface area contributed by atoms with Crippen LogP contribution >= 0.6 is 0 Å². The molecular weight excluding hydrogens is 444 g/mol. The molecule has 3 aromatic rings. The fourth-order valence-corrected chi connectivity index (χ4v) is 4.43. The first-order valence-corrected chi connectivity index (χ1v) is 12.2. The second-order valence-electron chi connectivity index (χ2n) is 9.34. The molecule has 1 aliphatic heterocycles. The number of aliphatic hydroxyl groups excluding tert-OH is 1. The van der Waals surface area contributed by atoms with Crippen LogP contribution in [0.5, 0.6) is 5.75 Å². The van der Waals surface area contributed by atoms with Gasteiger partial charge in [-0.3, -0.25) is 9.48 Å². The molecule has 9 heteroatoms. The number of anilines is 1. The Balaban J connectivity index is 1.12. The molecule has 1 amide bonds. The van der Waals surface area contributed by atoms with E-state index in [0.29, 0.717) is 31.2 Å². The number of benzene rings is 1. The number of rotatable bonds is 9. The zero-order valence-corrected chi connectivity index (χ0v) is 19.9. The number of pyridine rings is 1. The van der Waals surface area contributed by atoms with Gasteiger partial charge in [-0.15, -0.1) is 0 Å². The van der Waals surface area contributed by atoms with Crippen molar-refractivity contribution in [1.82, 2.24) is 25.4 Å². The predicted molar refractivity (Wildman–Crippen MR) is 132 cm³/mol. The van der Waals surface area contributed by atoms with Gasteiger partial charge in [-0.2, -0.15) is 5.10 Å². The summed E-state index contributed by atoms with van der Waals surface area (Å²) in [6.45, 7) is 1.26. The third-order valence-electron chi connectivity index (χ3n) is 6.90. The van der Waals surface area contributed by atoms with E-state index in [4.69, 9.17) is 4.74 Å². The summed E-state index contributed by atoms with van der Waals surface area (Å²) >= 11 is 0. The Bertz CT molecular complexity index is 1180. The van der Waals surface area contributed by atoms with Gasteiger partial charge in [-0.1, -0.05) is 6.07 Å². The molecule has 184 valence electrons. The minimum atomic E-state index is -0.706. The van der Waals surface area contributed by atoms with Crippen LogP contribution in [-0.4, -0.2) is 50.5 Å². The van der Waals surface area contributed by atoms with E-state index in [0.717, 1.165) is 35.7 Å². The molecule has 1 aliphatic carbocycles. The van der Waals surface area contributed by atoms with Gasteiger partial charge < -0.3 is 25.8 Å². The first-order chi connectivity index (χ1) is 17.0. The van der Waals surface area contributed by atoms with Gasteiger partial charge in [0.25, 0.3) is 5.91 Å². The molecule has 1 fully saturated rings. The summed E-state index contributed by atoms with van der Waals surface area (Å²) in [5.74, 6) is 1.31. The van der Waals surface area contributed by atoms with Gasteiger partial charge in [0.05, 0.1) is 11.8 Å². The van der Waals surface area contributed by atoms with Gasteiger partial charge in [0.2, 0.25) is 0 Å². The maximum atomic E-state index is 12.6. The fraction of sp³-hybridized carbons (Fsp3) is 0.423. The van der Waals surface area contributed by atoms with E-state index < -0.39 is 6.10 Å². The van der Waals surface area contributed by atoms with Crippen molar-refractivity contribution in [2.24, 2.45) is 7.05 Å². The number of nitrogens with one attached hydrogen (secondary N) is 3. The number of ether oxygens (including phenoxy) is 1. The van der Waals surface area contributed by atoms with Gasteiger partial charge >= 0.3 is 0 Å². The van der Waals surface area contributed by atoms with E-state index >= 15 is 0 Å². The highest BCUT2D eigenvalue weighted by Gasteiger charge is 2.25. The minimum Gasteiger partial charge on any atom is -0.487 e. The van der Waals surface area contributed by atoms with Gasteiger partial charge in [0.1, 0.15) is 18.2 Å². The van der Waals surface area contributed by atoms with Crippen LogP contribution in [0, 0.1) is 0 Å². The first-order valence-electron chi connectivity index (χ1n) is 12.2. The SMILES string of the molecule is Cn1nccc1COc1ccc2c(c1)CN[C@H]([C@H](O)CNC(=O)c1ccnc(NC3CCC3)c1)C2. The van der Waals surface area contributed by atoms with Crippen LogP contribution in [0.15, 0.2) is 48.8 Å². The summed E-state index contributed by atoms with van der Waals surface area (Å²) in [7, 11) is 1.89. The van der Waals surface area contributed by atoms with Crippen molar-refractivity contribution in [3.63, 3.8) is 0 Å². The van der Waals surface area contributed by atoms with E-state index in [-0.39, 0.29) is 18.5 Å². The van der Waals surface area contributed by atoms with Gasteiger partial charge in [0.15, 0.2) is 0 Å². The molecule has 5 rings (SSSR count). The fourth-order valence-electron chi connectivity index (χ4n) is 4.43. The molecule has 35 heavy (non-hydrogen) atoms. The lowest BCUT2D eigenvalue weighted by atomic mass is 9.92. The Kier molecular flexibility index (Phi) is 6.96. The van der Waals surface area contributed by atoms with Gasteiger partial charge in [-0.05, 0) is 67.1 Å². The van der Waals surface area contributed by atoms with Crippen molar-refractivity contribution >= 4 is 11.7 Å². The summed E-state index contributed by atoms with van der Waals surface area (Å²) in [6, 6.07) is 11.8. The molecule has 1 aromatic carbocycles. The standard InChI is InChI=1S/C26H32N6O3/c1-32-21(8-10-30-32)16-35-22-6-5-17-12-23(28-14-19(17)11-22)24(33)15-29-26(34)18-7-9-27-25(13-18)31-20-3-2-4-20/h5-11,13,20,23-24,28,33H,2-4,12,14-16H2,1H3,(H,27,31)(H,29,34)/t23-,24+/m0/s1. The van der Waals surface area contributed by atoms with Crippen LogP contribution in [-0.2, 0) is 26.6 Å². The number of nitrogens with zero attached hydrogens (tertiary/aromatic N) is 3. The third-order valence-corrected chi connectivity index (χ3v) is 6.90. The molecule has 2 atom stereocenters. The number of aliphatic hydroxyl groups is 1. The van der Waals surface area contributed by atoms with E-state index in [9.17, 15) is 9.90 Å². The Morgan fingerprint density at radius 2 is 2.11 bits per heavy atom. The number of carbonyl (C=O) groups excluding carboxylic acids is 1. The zero-order chi connectivity index (χ0) is 24.2. The predicted octanol–water partition coefficient (Wildman–Crippen LogP) is 2.16. The van der Waals surface area contributed by atoms with Crippen LogP contribution in [0.3, 0.4) is 0 Å². The molecule has 0 saturated heterocycles. The molecular formula is C26H32N6O3. The van der Waals surface area contributed by atoms with Crippen molar-refractivity contribution in [3.05, 3.63) is 71.2 Å². The van der Waals surface area contributed by atoms with Gasteiger partial charge in [-0.25, -0.2) is 4.98 Å². The first kappa shape index (κ1) is 23.3. The molecule has 2 aromatic heterocycles. The average Bonchev–Trinajstić information content (AvgIpc) is 3.27. The second-order valence-corrected chi connectivity index (χ2v) is 9.34. The Morgan fingerprint density at radius 3 is 2.89 bits per heavy atom. The number of aromatic nitrogens is 3. The number of hydrogen-bond donors (Lipinski definition) is 4. The monoisotopic (exact) mass is 476 g/mol. The maximum Gasteiger partial charge on any atom is 0.251 e. The molecule has 9 nitrogen and oxygen atoms in total. The summed E-state index contributed by atoms with van der Waals surface area (Å²) in [5.41, 5.74) is 3.87. The smallest absolute Gasteiger partial charge is 0.251 e. The summed E-state index contributed by atoms with van der Waals surface area (Å²) in [4.78, 5) is 16.9. The van der Waals surface area contributed by atoms with E-state index in [1.807, 2.05) is 25.2 Å². The number of amides is 1. The lowest BCUT2D eigenvalue weighted by Crippen LogP contribution is -2.49. The van der Waals surface area contributed by atoms with Crippen LogP contribution in [0.4, 0.5) is 5.82 Å². The number of hydrogen-bond acceptors (Lipinski definition) is 7. The quantitative estimate of drug-likeness (QED) is 0.374. The normalized spacial score (nSPS) is 18.3. The van der Waals surface area contributed by atoms with Gasteiger partial charge in [0, 0.05) is 50.2 Å². The molecule has 4 N–H and O–H groups in total. The molecule has 0 spiro atoms. The molecule has 2 aliphatic rings. The third kappa shape index (κ3) is 5.63. The van der Waals surface area contributed by atoms with E-state index in [2.05, 4.69) is 32.1 Å². The summed E-state index contributed by atoms with van der Waals surface area (Å²) < 4.78 is 7.72. The maximum absolute atomic E-state index is 12.6. The van der Waals surface area contributed by atoms with Crippen LogP contribution in [0.2, 0.25) is 0 Å². The van der Waals surface area contributed by atoms with E-state index in [1.54, 1.807) is 29.2 Å². The Hall–Kier alpha value is -3.43. The molecule has 0 radical (unpaired) electrons. The van der Waals surface area contributed by atoms with Crippen LogP contribution in [0.1, 0.15) is 46.4 Å². The number of fused-ring (bicyclic) bond motifs is 1. The number of aryl methyl sites for hydroxylation is 1. The van der Waals surface area contributed by atoms with Crippen molar-refractivity contribution in [2.75, 3.05) is 11.9 Å². The molecule has 0 bridgehead atoms. The molecule has 0 unspecified atom stereocenters. The van der Waals surface area contributed by atoms with Crippen LogP contribution < -0.4 is 20.7 Å². The van der Waals surface area contributed by atoms with Crippen molar-refractivity contribution in [3.8, 4) is 5.75 Å². The molecule has 3 heterocycles. The lowest BCUT2D eigenvalue weighted by molar-refractivity contribution is 0.0870. The lowest BCUT2D eigenvalue weighted by Gasteiger charge is -2.30. The highest BCUT2D eigenvalue weighted by molar-refractivity contribution is 5.94. The topological polar surface area (TPSA) is 113 Å². The Morgan fingerprint density at radius 1 is 1.23 bits per heavy atom. The summed E-state index contributed by atoms with van der Waals surface area (Å²) in [6.07, 6.45) is 6.88. The van der Waals surface area contributed by atoms with E-state index in [1.165, 1.54) is 12.0 Å². The van der Waals surface area contributed by atoms with Crippen molar-refractivity contribution in [1.29, 1.82) is 0 Å². The highest BCUT2D eigenvalue weighted by Crippen LogP contribution is 2.24. The Labute approximate surface area is 204 Å². The molecule has 1 saturated carbocycles. The van der Waals surface area contributed by atoms with Crippen molar-refractivity contribution in [2.45, 2.75) is 57.0 Å². The van der Waals surface area contributed by atoms with Crippen molar-refractivity contribution < 1.29 is 14.6 Å². The largest absolute Gasteiger partial charge is 0.487 e. The highest BCUT2D eigenvalue weighted by atomic mass is 16.5. The summed E-state index contributed by atoms with van der Waals surface area (Å²) in [5, 5.41) is 24.5. The number of carbonyl (C=O) groups is 1. The van der Waals surface area contributed by atoms with Crippen LogP contribution in [0.25, 0.3) is 0 Å². The zero-order valence-electron chi connectivity index (χ0n) is 19.9. The average molecular weight is 477 g/mol.